The number of ether oxygens (including phenoxy) is 1. The zero-order valence-corrected chi connectivity index (χ0v) is 21.9. The summed E-state index contributed by atoms with van der Waals surface area (Å²) in [6.45, 7) is 14.1. The van der Waals surface area contributed by atoms with Crippen LogP contribution in [-0.4, -0.2) is 47.2 Å². The smallest absolute Gasteiger partial charge is 0.128 e. The first-order chi connectivity index (χ1) is 16.2. The zero-order chi connectivity index (χ0) is 23.6. The number of pyridine rings is 1. The molecule has 6 nitrogen and oxygen atoms in total. The molecule has 1 saturated heterocycles. The number of para-hydroxylation sites is 1. The van der Waals surface area contributed by atoms with Gasteiger partial charge in [-0.25, -0.2) is 4.98 Å². The number of H-pyrrole nitrogens is 1. The highest BCUT2D eigenvalue weighted by atomic mass is 16.5. The Hall–Kier alpha value is -2.93. The van der Waals surface area contributed by atoms with Crippen LogP contribution in [0.3, 0.4) is 0 Å². The molecule has 200 valence electrons. The van der Waals surface area contributed by atoms with Gasteiger partial charge in [-0.1, -0.05) is 64.1 Å². The zero-order valence-electron chi connectivity index (χ0n) is 21.9. The van der Waals surface area contributed by atoms with Gasteiger partial charge in [0.1, 0.15) is 5.82 Å². The van der Waals surface area contributed by atoms with Crippen LogP contribution in [0.1, 0.15) is 66.0 Å². The lowest BCUT2D eigenvalue weighted by atomic mass is 9.89. The first-order valence-corrected chi connectivity index (χ1v) is 12.4. The van der Waals surface area contributed by atoms with Crippen molar-refractivity contribution in [3.63, 3.8) is 0 Å². The predicted molar refractivity (Wildman–Crippen MR) is 156 cm³/mol. The molecule has 0 atom stereocenters. The summed E-state index contributed by atoms with van der Waals surface area (Å²) in [7, 11) is 0. The number of nitrogens with one attached hydrogen (secondary N) is 1. The van der Waals surface area contributed by atoms with Crippen LogP contribution in [-0.2, 0) is 11.2 Å². The summed E-state index contributed by atoms with van der Waals surface area (Å²) >= 11 is 0. The molecule has 2 aliphatic rings. The first kappa shape index (κ1) is 33.1. The summed E-state index contributed by atoms with van der Waals surface area (Å²) in [5, 5.41) is 1.34. The number of anilines is 1. The molecule has 5 rings (SSSR count). The minimum atomic E-state index is 0. The Bertz CT molecular complexity index is 1080. The summed E-state index contributed by atoms with van der Waals surface area (Å²) in [6, 6.07) is 12.8. The van der Waals surface area contributed by atoms with E-state index >= 15 is 0 Å². The molecule has 36 heavy (non-hydrogen) atoms. The van der Waals surface area contributed by atoms with Gasteiger partial charge in [0.2, 0.25) is 0 Å². The van der Waals surface area contributed by atoms with Crippen molar-refractivity contribution < 1.29 is 15.7 Å². The number of aromatic amines is 1. The Morgan fingerprint density at radius 3 is 2.28 bits per heavy atom. The average molecular weight is 498 g/mol. The Kier molecular flexibility index (Phi) is 15.3. The summed E-state index contributed by atoms with van der Waals surface area (Å²) in [5.41, 5.74) is 8.30. The van der Waals surface area contributed by atoms with Crippen molar-refractivity contribution in [2.45, 2.75) is 61.3 Å². The second-order valence-electron chi connectivity index (χ2n) is 8.38. The highest BCUT2D eigenvalue weighted by molar-refractivity contribution is 5.93. The van der Waals surface area contributed by atoms with Crippen molar-refractivity contribution in [2.24, 2.45) is 0 Å². The van der Waals surface area contributed by atoms with E-state index in [0.29, 0.717) is 0 Å². The number of benzene rings is 1. The van der Waals surface area contributed by atoms with E-state index in [2.05, 4.69) is 84.3 Å². The molecule has 3 aromatic rings. The van der Waals surface area contributed by atoms with Gasteiger partial charge in [0.15, 0.2) is 0 Å². The van der Waals surface area contributed by atoms with Crippen LogP contribution in [0.4, 0.5) is 5.82 Å². The van der Waals surface area contributed by atoms with Gasteiger partial charge in [0.05, 0.1) is 13.2 Å². The molecule has 1 aliphatic carbocycles. The molecule has 0 unspecified atom stereocenters. The molecular formula is C30H47N3O3. The van der Waals surface area contributed by atoms with Gasteiger partial charge in [0.25, 0.3) is 0 Å². The van der Waals surface area contributed by atoms with Gasteiger partial charge in [-0.3, -0.25) is 0 Å². The molecule has 3 heterocycles. The van der Waals surface area contributed by atoms with Gasteiger partial charge in [-0.2, -0.15) is 0 Å². The molecule has 0 saturated carbocycles. The number of nitrogens with zero attached hydrogens (tertiary/aromatic N) is 2. The van der Waals surface area contributed by atoms with Crippen LogP contribution < -0.4 is 4.90 Å². The Labute approximate surface area is 217 Å². The van der Waals surface area contributed by atoms with E-state index in [1.54, 1.807) is 0 Å². The van der Waals surface area contributed by atoms with E-state index in [-0.39, 0.29) is 18.4 Å². The molecule has 2 aromatic heterocycles. The Balaban J connectivity index is 0.000000599. The third-order valence-corrected chi connectivity index (χ3v) is 6.18. The van der Waals surface area contributed by atoms with Crippen LogP contribution in [0, 0.1) is 0 Å². The third-order valence-electron chi connectivity index (χ3n) is 6.18. The van der Waals surface area contributed by atoms with Crippen molar-refractivity contribution >= 4 is 22.3 Å². The standard InChI is InChI=1S/C16H17N.C11H16N2O.C2H6.CH4.2H2O/c1-11-7-8-13(12(2)9-11)15-10-17-16-6-4-3-5-14(15)16;1-2-10-3-4-11(12-9-10)13-5-7-14-8-6-13;1-2;;;/h3-6,9-10,17H,7-8H2,1-2H3;3-4,9H,2,5-8H2,1H3;1-2H3;1H4;2*1H2. The quantitative estimate of drug-likeness (QED) is 0.467. The SMILES string of the molecule is C.CC.CC1=CC(C)=C(c2c[nH]c3ccccc23)CC1.CCc1ccc(N2CCOCC2)nc1.O.O. The first-order valence-electron chi connectivity index (χ1n) is 12.4. The van der Waals surface area contributed by atoms with Gasteiger partial charge >= 0.3 is 0 Å². The largest absolute Gasteiger partial charge is 0.412 e. The average Bonchev–Trinajstić information content (AvgIpc) is 3.30. The fourth-order valence-electron chi connectivity index (χ4n) is 4.32. The van der Waals surface area contributed by atoms with Crippen molar-refractivity contribution in [3.05, 3.63) is 77.1 Å². The molecule has 1 fully saturated rings. The number of hydrogen-bond acceptors (Lipinski definition) is 3. The molecule has 1 aliphatic heterocycles. The van der Waals surface area contributed by atoms with Crippen LogP contribution in [0.25, 0.3) is 16.5 Å². The highest BCUT2D eigenvalue weighted by Gasteiger charge is 2.14. The maximum atomic E-state index is 5.30. The number of morpholine rings is 1. The third kappa shape index (κ3) is 8.33. The fraction of sp³-hybridized carbons (Fsp3) is 0.433. The minimum absolute atomic E-state index is 0. The lowest BCUT2D eigenvalue weighted by Gasteiger charge is -2.27. The normalized spacial score (nSPS) is 14.6. The van der Waals surface area contributed by atoms with E-state index < -0.39 is 0 Å². The predicted octanol–water partition coefficient (Wildman–Crippen LogP) is 6.18. The van der Waals surface area contributed by atoms with E-state index in [9.17, 15) is 0 Å². The second-order valence-corrected chi connectivity index (χ2v) is 8.38. The van der Waals surface area contributed by atoms with Crippen LogP contribution in [0.5, 0.6) is 0 Å². The molecule has 0 bridgehead atoms. The number of rotatable bonds is 3. The molecule has 0 spiro atoms. The van der Waals surface area contributed by atoms with Gasteiger partial charge in [0, 0.05) is 41.9 Å². The van der Waals surface area contributed by atoms with Crippen LogP contribution in [0.2, 0.25) is 0 Å². The number of hydrogen-bond donors (Lipinski definition) is 1. The Morgan fingerprint density at radius 2 is 1.67 bits per heavy atom. The van der Waals surface area contributed by atoms with E-state index in [1.807, 2.05) is 20.0 Å². The van der Waals surface area contributed by atoms with E-state index in [1.165, 1.54) is 45.2 Å². The fourth-order valence-corrected chi connectivity index (χ4v) is 4.32. The molecule has 6 heteroatoms. The topological polar surface area (TPSA) is 104 Å². The molecule has 0 radical (unpaired) electrons. The lowest BCUT2D eigenvalue weighted by Crippen LogP contribution is -2.36. The number of aryl methyl sites for hydroxylation is 1. The number of fused-ring (bicyclic) bond motifs is 1. The molecule has 1 aromatic carbocycles. The summed E-state index contributed by atoms with van der Waals surface area (Å²) in [5.74, 6) is 1.07. The van der Waals surface area contributed by atoms with E-state index in [0.717, 1.165) is 45.0 Å². The second kappa shape index (κ2) is 16.7. The van der Waals surface area contributed by atoms with Crippen LogP contribution >= 0.6 is 0 Å². The van der Waals surface area contributed by atoms with Gasteiger partial charge in [-0.05, 0) is 62.0 Å². The minimum Gasteiger partial charge on any atom is -0.412 e. The monoisotopic (exact) mass is 497 g/mol. The highest BCUT2D eigenvalue weighted by Crippen LogP contribution is 2.34. The summed E-state index contributed by atoms with van der Waals surface area (Å²) in [4.78, 5) is 10.1. The van der Waals surface area contributed by atoms with Crippen LogP contribution in [0.15, 0.2) is 66.0 Å². The maximum Gasteiger partial charge on any atom is 0.128 e. The summed E-state index contributed by atoms with van der Waals surface area (Å²) in [6.07, 6.45) is 9.84. The summed E-state index contributed by atoms with van der Waals surface area (Å²) < 4.78 is 5.30. The van der Waals surface area contributed by atoms with Crippen molar-refractivity contribution in [2.75, 3.05) is 31.2 Å². The molecule has 5 N–H and O–H groups in total. The molecule has 0 amide bonds. The maximum absolute atomic E-state index is 5.30. The Morgan fingerprint density at radius 1 is 0.972 bits per heavy atom. The van der Waals surface area contributed by atoms with Gasteiger partial charge < -0.3 is 25.6 Å². The van der Waals surface area contributed by atoms with Crippen molar-refractivity contribution in [1.29, 1.82) is 0 Å². The number of allylic oxidation sites excluding steroid dienone is 4. The van der Waals surface area contributed by atoms with E-state index in [4.69, 9.17) is 4.74 Å². The van der Waals surface area contributed by atoms with Crippen molar-refractivity contribution in [1.82, 2.24) is 9.97 Å². The lowest BCUT2D eigenvalue weighted by molar-refractivity contribution is 0.122. The van der Waals surface area contributed by atoms with Gasteiger partial charge in [-0.15, -0.1) is 0 Å². The number of aromatic nitrogens is 2. The van der Waals surface area contributed by atoms with Crippen molar-refractivity contribution in [3.8, 4) is 0 Å². The molecular weight excluding hydrogens is 450 g/mol.